The van der Waals surface area contributed by atoms with Crippen molar-refractivity contribution in [3.05, 3.63) is 59.9 Å². The molecule has 6 heteroatoms. The number of nitrogens with zero attached hydrogens (tertiary/aromatic N) is 1. The topological polar surface area (TPSA) is 67.5 Å². The predicted octanol–water partition coefficient (Wildman–Crippen LogP) is 2.43. The highest BCUT2D eigenvalue weighted by molar-refractivity contribution is 7.85. The van der Waals surface area contributed by atoms with Crippen molar-refractivity contribution >= 4 is 22.4 Å². The van der Waals surface area contributed by atoms with E-state index in [0.29, 0.717) is 12.8 Å². The Hall–Kier alpha value is -2.18. The molecule has 0 aliphatic rings. The van der Waals surface area contributed by atoms with E-state index in [0.717, 1.165) is 16.9 Å². The summed E-state index contributed by atoms with van der Waals surface area (Å²) in [7, 11) is -2.24. The molecular formula is C17H20NO4S+. The fraction of sp³-hybridized carbons (Fsp3) is 0.235. The molecule has 2 aromatic rings. The van der Waals surface area contributed by atoms with E-state index in [1.54, 1.807) is 7.11 Å². The maximum atomic E-state index is 10.7. The van der Waals surface area contributed by atoms with Gasteiger partial charge in [0, 0.05) is 18.2 Å². The highest BCUT2D eigenvalue weighted by Gasteiger charge is 2.04. The van der Waals surface area contributed by atoms with Gasteiger partial charge in [0.1, 0.15) is 5.75 Å². The van der Waals surface area contributed by atoms with Crippen LogP contribution in [0.15, 0.2) is 48.8 Å². The van der Waals surface area contributed by atoms with Crippen molar-refractivity contribution in [1.29, 1.82) is 0 Å². The number of aromatic nitrogens is 1. The number of aryl methyl sites for hydroxylation is 1. The smallest absolute Gasteiger partial charge is 0.264 e. The summed E-state index contributed by atoms with van der Waals surface area (Å²) >= 11 is 0. The lowest BCUT2D eigenvalue weighted by molar-refractivity contribution is -0.567. The molecule has 0 amide bonds. The molecule has 0 aliphatic heterocycles. The van der Waals surface area contributed by atoms with Crippen molar-refractivity contribution < 1.29 is 22.3 Å². The third kappa shape index (κ3) is 6.22. The molecule has 2 rings (SSSR count). The minimum absolute atomic E-state index is 0.206. The van der Waals surface area contributed by atoms with Crippen LogP contribution in [0, 0.1) is 0 Å². The Morgan fingerprint density at radius 3 is 2.35 bits per heavy atom. The van der Waals surface area contributed by atoms with Crippen LogP contribution < -0.4 is 9.30 Å². The summed E-state index contributed by atoms with van der Waals surface area (Å²) < 4.78 is 37.1. The van der Waals surface area contributed by atoms with Gasteiger partial charge in [-0.3, -0.25) is 4.55 Å². The Labute approximate surface area is 136 Å². The highest BCUT2D eigenvalue weighted by atomic mass is 32.2. The Kier molecular flexibility index (Phi) is 5.90. The minimum Gasteiger partial charge on any atom is -0.496 e. The van der Waals surface area contributed by atoms with E-state index in [9.17, 15) is 8.42 Å². The number of ether oxygens (including phenoxy) is 1. The average molecular weight is 334 g/mol. The fourth-order valence-corrected chi connectivity index (χ4v) is 2.60. The first-order chi connectivity index (χ1) is 11.0. The third-order valence-corrected chi connectivity index (χ3v) is 4.15. The van der Waals surface area contributed by atoms with Gasteiger partial charge in [-0.2, -0.15) is 13.0 Å². The molecule has 0 saturated carbocycles. The lowest BCUT2D eigenvalue weighted by atomic mass is 10.1. The van der Waals surface area contributed by atoms with Crippen molar-refractivity contribution in [2.24, 2.45) is 0 Å². The summed E-state index contributed by atoms with van der Waals surface area (Å²) in [4.78, 5) is 0. The molecule has 0 atom stereocenters. The first-order valence-corrected chi connectivity index (χ1v) is 8.84. The molecule has 122 valence electrons. The second kappa shape index (κ2) is 7.89. The van der Waals surface area contributed by atoms with Crippen LogP contribution in [-0.2, 0) is 16.5 Å². The first kappa shape index (κ1) is 17.2. The molecule has 0 unspecified atom stereocenters. The third-order valence-electron chi connectivity index (χ3n) is 3.34. The zero-order chi connectivity index (χ0) is 16.7. The molecule has 0 spiro atoms. The van der Waals surface area contributed by atoms with Crippen LogP contribution in [0.2, 0.25) is 0 Å². The molecule has 5 nitrogen and oxygen atoms in total. The van der Waals surface area contributed by atoms with Crippen LogP contribution in [0.3, 0.4) is 0 Å². The zero-order valence-corrected chi connectivity index (χ0v) is 13.7. The second-order valence-corrected chi connectivity index (χ2v) is 6.70. The van der Waals surface area contributed by atoms with Crippen LogP contribution >= 0.6 is 0 Å². The molecule has 1 heterocycles. The van der Waals surface area contributed by atoms with E-state index in [-0.39, 0.29) is 5.75 Å². The molecule has 0 aliphatic carbocycles. The molecule has 23 heavy (non-hydrogen) atoms. The number of benzene rings is 1. The molecule has 1 N–H and O–H groups in total. The molecule has 1 aromatic carbocycles. The van der Waals surface area contributed by atoms with E-state index >= 15 is 0 Å². The first-order valence-electron chi connectivity index (χ1n) is 7.23. The highest BCUT2D eigenvalue weighted by Crippen LogP contribution is 2.09. The van der Waals surface area contributed by atoms with E-state index in [4.69, 9.17) is 9.29 Å². The largest absolute Gasteiger partial charge is 0.496 e. The maximum absolute atomic E-state index is 10.7. The van der Waals surface area contributed by atoms with E-state index < -0.39 is 10.1 Å². The number of rotatable bonds is 7. The Morgan fingerprint density at radius 2 is 1.78 bits per heavy atom. The monoisotopic (exact) mass is 334 g/mol. The van der Waals surface area contributed by atoms with Gasteiger partial charge in [-0.05, 0) is 24.0 Å². The summed E-state index contributed by atoms with van der Waals surface area (Å²) in [5.41, 5.74) is 2.09. The Bertz CT molecular complexity index is 750. The van der Waals surface area contributed by atoms with Crippen molar-refractivity contribution in [2.75, 3.05) is 12.9 Å². The number of methoxy groups -OCH3 is 1. The van der Waals surface area contributed by atoms with E-state index in [1.165, 1.54) is 0 Å². The van der Waals surface area contributed by atoms with Crippen LogP contribution in [0.1, 0.15) is 17.5 Å². The minimum atomic E-state index is -3.87. The van der Waals surface area contributed by atoms with E-state index in [2.05, 4.69) is 0 Å². The number of hydrogen-bond donors (Lipinski definition) is 1. The van der Waals surface area contributed by atoms with Crippen molar-refractivity contribution in [3.8, 4) is 5.75 Å². The van der Waals surface area contributed by atoms with Gasteiger partial charge in [0.05, 0.1) is 12.9 Å². The van der Waals surface area contributed by atoms with Crippen molar-refractivity contribution in [1.82, 2.24) is 0 Å². The van der Waals surface area contributed by atoms with Gasteiger partial charge in [-0.15, -0.1) is 0 Å². The van der Waals surface area contributed by atoms with Gasteiger partial charge in [0.2, 0.25) is 0 Å². The van der Waals surface area contributed by atoms with Gasteiger partial charge in [-0.25, -0.2) is 0 Å². The summed E-state index contributed by atoms with van der Waals surface area (Å²) in [5.74, 6) is 0.604. The molecular weight excluding hydrogens is 314 g/mol. The molecule has 0 saturated heterocycles. The predicted molar refractivity (Wildman–Crippen MR) is 89.6 cm³/mol. The summed E-state index contributed by atoms with van der Waals surface area (Å²) in [6.45, 7) is 0. The Balaban J connectivity index is 1.92. The van der Waals surface area contributed by atoms with Crippen LogP contribution in [0.25, 0.3) is 12.3 Å². The molecule has 0 radical (unpaired) electrons. The van der Waals surface area contributed by atoms with Gasteiger partial charge >= 0.3 is 0 Å². The molecule has 0 fully saturated rings. The van der Waals surface area contributed by atoms with Gasteiger partial charge in [0.25, 0.3) is 10.1 Å². The second-order valence-electron chi connectivity index (χ2n) is 5.13. The number of pyridine rings is 1. The van der Waals surface area contributed by atoms with Crippen molar-refractivity contribution in [2.45, 2.75) is 12.8 Å². The maximum Gasteiger partial charge on any atom is 0.264 e. The Morgan fingerprint density at radius 1 is 1.13 bits per heavy atom. The van der Waals surface area contributed by atoms with E-state index in [1.807, 2.05) is 65.6 Å². The van der Waals surface area contributed by atoms with Crippen LogP contribution in [0.5, 0.6) is 5.75 Å². The van der Waals surface area contributed by atoms with Gasteiger partial charge < -0.3 is 4.74 Å². The van der Waals surface area contributed by atoms with Crippen LogP contribution in [-0.4, -0.2) is 25.8 Å². The summed E-state index contributed by atoms with van der Waals surface area (Å²) in [6, 6.07) is 11.6. The van der Waals surface area contributed by atoms with Gasteiger partial charge in [-0.1, -0.05) is 24.3 Å². The zero-order valence-electron chi connectivity index (χ0n) is 12.9. The van der Waals surface area contributed by atoms with Crippen LogP contribution in [0.4, 0.5) is 0 Å². The molecule has 1 aromatic heterocycles. The normalized spacial score (nSPS) is 11.7. The SMILES string of the molecule is COc1cc[n+](C=Cc2ccc(CCCS(=O)(=O)O)cc2)cc1. The quantitative estimate of drug-likeness (QED) is 0.624. The lowest BCUT2D eigenvalue weighted by Gasteiger charge is -2.01. The standard InChI is InChI=1S/C17H19NO4S/c1-22-17-9-12-18(13-10-17)11-8-16-6-4-15(5-7-16)3-2-14-23(19,20)21/h4-13H,2-3,14H2,1H3/p+1. The lowest BCUT2D eigenvalue weighted by Crippen LogP contribution is -2.23. The molecule has 0 bridgehead atoms. The number of hydrogen-bond acceptors (Lipinski definition) is 3. The van der Waals surface area contributed by atoms with Crippen molar-refractivity contribution in [3.63, 3.8) is 0 Å². The summed E-state index contributed by atoms with van der Waals surface area (Å²) in [5, 5.41) is 0. The summed E-state index contributed by atoms with van der Waals surface area (Å²) in [6.07, 6.45) is 8.76. The fourth-order valence-electron chi connectivity index (χ4n) is 2.09. The average Bonchev–Trinajstić information content (AvgIpc) is 2.53. The van der Waals surface area contributed by atoms with Gasteiger partial charge in [0.15, 0.2) is 18.6 Å².